The zero-order valence-corrected chi connectivity index (χ0v) is 13.9. The highest BCUT2D eigenvalue weighted by Gasteiger charge is 2.26. The largest absolute Gasteiger partial charge is 0.469 e. The quantitative estimate of drug-likeness (QED) is 0.600. The van der Waals surface area contributed by atoms with E-state index in [9.17, 15) is 4.79 Å². The molecule has 114 valence electrons. The molecule has 0 saturated carbocycles. The molecule has 0 heterocycles. The van der Waals surface area contributed by atoms with Gasteiger partial charge in [-0.3, -0.25) is 9.69 Å². The smallest absolute Gasteiger partial charge is 0.309 e. The van der Waals surface area contributed by atoms with Gasteiger partial charge in [-0.15, -0.1) is 0 Å². The lowest BCUT2D eigenvalue weighted by atomic mass is 9.99. The Kier molecular flexibility index (Phi) is 9.07. The maximum absolute atomic E-state index is 11.7. The number of esters is 1. The van der Waals surface area contributed by atoms with E-state index in [1.54, 1.807) is 0 Å². The molecule has 2 atom stereocenters. The fraction of sp³-hybridized carbons (Fsp3) is 0.938. The van der Waals surface area contributed by atoms with Crippen LogP contribution in [0.2, 0.25) is 0 Å². The zero-order valence-electron chi connectivity index (χ0n) is 13.9. The minimum Gasteiger partial charge on any atom is -0.469 e. The molecular weight excluding hydrogens is 238 g/mol. The first-order chi connectivity index (χ1) is 8.79. The Bertz CT molecular complexity index is 239. The van der Waals surface area contributed by atoms with E-state index in [1.165, 1.54) is 20.0 Å². The second-order valence-corrected chi connectivity index (χ2v) is 6.45. The van der Waals surface area contributed by atoms with Crippen molar-refractivity contribution in [1.29, 1.82) is 0 Å². The van der Waals surface area contributed by atoms with E-state index in [1.807, 2.05) is 6.92 Å². The average molecular weight is 271 g/mol. The van der Waals surface area contributed by atoms with Crippen LogP contribution in [0.1, 0.15) is 54.4 Å². The zero-order chi connectivity index (χ0) is 15.0. The van der Waals surface area contributed by atoms with Gasteiger partial charge in [-0.25, -0.2) is 0 Å². The molecule has 0 N–H and O–H groups in total. The lowest BCUT2D eigenvalue weighted by Crippen LogP contribution is -2.42. The highest BCUT2D eigenvalue weighted by atomic mass is 16.5. The van der Waals surface area contributed by atoms with Gasteiger partial charge in [0.05, 0.1) is 13.0 Å². The van der Waals surface area contributed by atoms with Gasteiger partial charge in [0.1, 0.15) is 0 Å². The van der Waals surface area contributed by atoms with Crippen molar-refractivity contribution in [2.75, 3.05) is 20.2 Å². The summed E-state index contributed by atoms with van der Waals surface area (Å²) in [7, 11) is 1.47. The van der Waals surface area contributed by atoms with E-state index in [4.69, 9.17) is 4.74 Å². The summed E-state index contributed by atoms with van der Waals surface area (Å²) in [6.07, 6.45) is 2.35. The normalized spacial score (nSPS) is 15.1. The van der Waals surface area contributed by atoms with Crippen LogP contribution >= 0.6 is 0 Å². The molecule has 0 rings (SSSR count). The molecule has 0 spiro atoms. The van der Waals surface area contributed by atoms with Gasteiger partial charge in [-0.05, 0) is 44.7 Å². The fourth-order valence-corrected chi connectivity index (χ4v) is 2.07. The molecule has 3 heteroatoms. The highest BCUT2D eigenvalue weighted by Crippen LogP contribution is 2.16. The first-order valence-corrected chi connectivity index (χ1v) is 7.61. The minimum atomic E-state index is -0.105. The maximum atomic E-state index is 11.7. The van der Waals surface area contributed by atoms with Gasteiger partial charge >= 0.3 is 5.97 Å². The predicted molar refractivity (Wildman–Crippen MR) is 81.1 cm³/mol. The molecule has 2 unspecified atom stereocenters. The van der Waals surface area contributed by atoms with Crippen molar-refractivity contribution in [2.24, 2.45) is 17.8 Å². The highest BCUT2D eigenvalue weighted by molar-refractivity contribution is 5.72. The lowest BCUT2D eigenvalue weighted by molar-refractivity contribution is -0.147. The summed E-state index contributed by atoms with van der Waals surface area (Å²) in [6, 6.07) is 0.241. The van der Waals surface area contributed by atoms with E-state index in [2.05, 4.69) is 39.5 Å². The second-order valence-electron chi connectivity index (χ2n) is 6.45. The van der Waals surface area contributed by atoms with Crippen LogP contribution in [-0.2, 0) is 9.53 Å². The Labute approximate surface area is 119 Å². The number of carbonyl (C=O) groups is 1. The van der Waals surface area contributed by atoms with Crippen LogP contribution in [0.25, 0.3) is 0 Å². The number of hydrogen-bond donors (Lipinski definition) is 0. The third kappa shape index (κ3) is 7.56. The van der Waals surface area contributed by atoms with Crippen LogP contribution in [0.5, 0.6) is 0 Å². The monoisotopic (exact) mass is 271 g/mol. The summed E-state index contributed by atoms with van der Waals surface area (Å²) in [5.74, 6) is 1.22. The molecule has 0 aliphatic rings. The lowest BCUT2D eigenvalue weighted by Gasteiger charge is -2.33. The second kappa shape index (κ2) is 9.35. The summed E-state index contributed by atoms with van der Waals surface area (Å²) < 4.78 is 4.87. The topological polar surface area (TPSA) is 29.5 Å². The van der Waals surface area contributed by atoms with E-state index < -0.39 is 0 Å². The van der Waals surface area contributed by atoms with E-state index >= 15 is 0 Å². The van der Waals surface area contributed by atoms with Crippen LogP contribution in [0.4, 0.5) is 0 Å². The molecule has 0 amide bonds. The molecule has 0 aromatic carbocycles. The van der Waals surface area contributed by atoms with Gasteiger partial charge < -0.3 is 4.74 Å². The van der Waals surface area contributed by atoms with E-state index in [0.29, 0.717) is 11.8 Å². The molecule has 0 aromatic heterocycles. The molecule has 0 aliphatic heterocycles. The van der Waals surface area contributed by atoms with Crippen molar-refractivity contribution < 1.29 is 9.53 Å². The van der Waals surface area contributed by atoms with Gasteiger partial charge in [-0.1, -0.05) is 34.6 Å². The first kappa shape index (κ1) is 18.4. The molecule has 0 fully saturated rings. The van der Waals surface area contributed by atoms with Gasteiger partial charge in [0.15, 0.2) is 0 Å². The van der Waals surface area contributed by atoms with Crippen molar-refractivity contribution in [3.8, 4) is 0 Å². The number of carbonyl (C=O) groups excluding carboxylic acids is 1. The molecule has 3 nitrogen and oxygen atoms in total. The van der Waals surface area contributed by atoms with Crippen LogP contribution in [0.3, 0.4) is 0 Å². The Morgan fingerprint density at radius 1 is 0.947 bits per heavy atom. The SMILES string of the molecule is COC(=O)C(C)C(C)N(CCC(C)C)CCC(C)C. The van der Waals surface area contributed by atoms with Crippen LogP contribution < -0.4 is 0 Å². The van der Waals surface area contributed by atoms with Gasteiger partial charge in [0.25, 0.3) is 0 Å². The van der Waals surface area contributed by atoms with Crippen molar-refractivity contribution in [3.63, 3.8) is 0 Å². The Balaban J connectivity index is 4.55. The molecule has 0 bridgehead atoms. The predicted octanol–water partition coefficient (Wildman–Crippen LogP) is 3.58. The van der Waals surface area contributed by atoms with Crippen molar-refractivity contribution in [3.05, 3.63) is 0 Å². The summed E-state index contributed by atoms with van der Waals surface area (Å²) in [4.78, 5) is 14.1. The van der Waals surface area contributed by atoms with Crippen LogP contribution in [0.15, 0.2) is 0 Å². The molecule has 0 aromatic rings. The van der Waals surface area contributed by atoms with Crippen molar-refractivity contribution in [1.82, 2.24) is 4.90 Å². The number of nitrogens with zero attached hydrogens (tertiary/aromatic N) is 1. The fourth-order valence-electron chi connectivity index (χ4n) is 2.07. The van der Waals surface area contributed by atoms with Gasteiger partial charge in [0.2, 0.25) is 0 Å². The maximum Gasteiger partial charge on any atom is 0.309 e. The molecule has 0 radical (unpaired) electrons. The van der Waals surface area contributed by atoms with Crippen LogP contribution in [0, 0.1) is 17.8 Å². The Morgan fingerprint density at radius 2 is 1.37 bits per heavy atom. The standard InChI is InChI=1S/C16H33NO2/c1-12(2)8-10-17(11-9-13(3)4)15(6)14(5)16(18)19-7/h12-15H,8-11H2,1-7H3. The van der Waals surface area contributed by atoms with Crippen LogP contribution in [-0.4, -0.2) is 37.1 Å². The van der Waals surface area contributed by atoms with Crippen molar-refractivity contribution in [2.45, 2.75) is 60.4 Å². The summed E-state index contributed by atoms with van der Waals surface area (Å²) >= 11 is 0. The van der Waals surface area contributed by atoms with Gasteiger partial charge in [-0.2, -0.15) is 0 Å². The number of methoxy groups -OCH3 is 1. The number of rotatable bonds is 9. The summed E-state index contributed by atoms with van der Waals surface area (Å²) in [5, 5.41) is 0. The molecule has 19 heavy (non-hydrogen) atoms. The Morgan fingerprint density at radius 3 is 1.68 bits per heavy atom. The van der Waals surface area contributed by atoms with E-state index in [-0.39, 0.29) is 17.9 Å². The average Bonchev–Trinajstić information content (AvgIpc) is 2.35. The first-order valence-electron chi connectivity index (χ1n) is 7.61. The minimum absolute atomic E-state index is 0.0654. The molecule has 0 aliphatic carbocycles. The van der Waals surface area contributed by atoms with Gasteiger partial charge in [0, 0.05) is 6.04 Å². The third-order valence-electron chi connectivity index (χ3n) is 3.86. The summed E-state index contributed by atoms with van der Waals surface area (Å²) in [6.45, 7) is 15.2. The molecule has 0 saturated heterocycles. The Hall–Kier alpha value is -0.570. The van der Waals surface area contributed by atoms with Crippen molar-refractivity contribution >= 4 is 5.97 Å². The van der Waals surface area contributed by atoms with E-state index in [0.717, 1.165) is 13.1 Å². The third-order valence-corrected chi connectivity index (χ3v) is 3.86. The number of hydrogen-bond acceptors (Lipinski definition) is 3. The summed E-state index contributed by atoms with van der Waals surface area (Å²) in [5.41, 5.74) is 0. The molecular formula is C16H33NO2. The number of ether oxygens (including phenoxy) is 1.